The summed E-state index contributed by atoms with van der Waals surface area (Å²) in [5.41, 5.74) is 7.93. The van der Waals surface area contributed by atoms with Crippen molar-refractivity contribution in [3.05, 3.63) is 22.6 Å². The maximum atomic E-state index is 6.13. The SMILES string of the molecule is COC1=C(C)C(CN(CCN2CCOCC2)c2cc(Cl)nc(N)n2)=NCC1C. The van der Waals surface area contributed by atoms with Gasteiger partial charge in [0.2, 0.25) is 5.95 Å². The number of hydrogen-bond donors (Lipinski definition) is 1. The van der Waals surface area contributed by atoms with Crippen molar-refractivity contribution in [3.8, 4) is 0 Å². The second-order valence-corrected chi connectivity index (χ2v) is 7.55. The van der Waals surface area contributed by atoms with Gasteiger partial charge in [0.25, 0.3) is 0 Å². The number of halogens is 1. The highest BCUT2D eigenvalue weighted by molar-refractivity contribution is 6.29. The van der Waals surface area contributed by atoms with E-state index in [1.807, 2.05) is 0 Å². The van der Waals surface area contributed by atoms with Crippen molar-refractivity contribution in [2.75, 3.05) is 70.2 Å². The number of rotatable bonds is 7. The van der Waals surface area contributed by atoms with E-state index in [2.05, 4.69) is 33.6 Å². The summed E-state index contributed by atoms with van der Waals surface area (Å²) in [5.74, 6) is 2.17. The summed E-state index contributed by atoms with van der Waals surface area (Å²) >= 11 is 6.13. The highest BCUT2D eigenvalue weighted by atomic mass is 35.5. The molecule has 2 aliphatic heterocycles. The first-order chi connectivity index (χ1) is 13.5. The zero-order valence-corrected chi connectivity index (χ0v) is 17.6. The molecule has 28 heavy (non-hydrogen) atoms. The summed E-state index contributed by atoms with van der Waals surface area (Å²) in [4.78, 5) is 17.7. The summed E-state index contributed by atoms with van der Waals surface area (Å²) in [5, 5.41) is 0.336. The van der Waals surface area contributed by atoms with Crippen LogP contribution in [0.15, 0.2) is 22.4 Å². The fourth-order valence-corrected chi connectivity index (χ4v) is 3.79. The molecule has 2 aliphatic rings. The molecule has 1 saturated heterocycles. The fraction of sp³-hybridized carbons (Fsp3) is 0.632. The molecule has 0 amide bonds. The molecule has 1 fully saturated rings. The molecule has 3 rings (SSSR count). The van der Waals surface area contributed by atoms with Crippen molar-refractivity contribution >= 4 is 29.1 Å². The molecule has 0 spiro atoms. The molecule has 1 unspecified atom stereocenters. The molecule has 0 bridgehead atoms. The predicted octanol–water partition coefficient (Wildman–Crippen LogP) is 1.86. The average Bonchev–Trinajstić information content (AvgIpc) is 2.67. The lowest BCUT2D eigenvalue weighted by atomic mass is 9.98. The van der Waals surface area contributed by atoms with Gasteiger partial charge >= 0.3 is 0 Å². The van der Waals surface area contributed by atoms with E-state index < -0.39 is 0 Å². The number of nitrogens with zero attached hydrogens (tertiary/aromatic N) is 5. The normalized spacial score (nSPS) is 20.9. The maximum Gasteiger partial charge on any atom is 0.223 e. The van der Waals surface area contributed by atoms with Crippen molar-refractivity contribution in [2.24, 2.45) is 10.9 Å². The van der Waals surface area contributed by atoms with E-state index >= 15 is 0 Å². The molecule has 1 aromatic rings. The van der Waals surface area contributed by atoms with Crippen LogP contribution in [0, 0.1) is 5.92 Å². The first-order valence-corrected chi connectivity index (χ1v) is 9.99. The molecular formula is C19H29ClN6O2. The van der Waals surface area contributed by atoms with Gasteiger partial charge in [-0.15, -0.1) is 0 Å². The Morgan fingerprint density at radius 1 is 1.36 bits per heavy atom. The smallest absolute Gasteiger partial charge is 0.223 e. The molecule has 0 saturated carbocycles. The zero-order chi connectivity index (χ0) is 20.1. The van der Waals surface area contributed by atoms with Crippen LogP contribution < -0.4 is 10.6 Å². The summed E-state index contributed by atoms with van der Waals surface area (Å²) in [7, 11) is 1.72. The fourth-order valence-electron chi connectivity index (χ4n) is 3.61. The van der Waals surface area contributed by atoms with Crippen LogP contribution >= 0.6 is 11.6 Å². The Bertz CT molecular complexity index is 728. The Kier molecular flexibility index (Phi) is 7.09. The van der Waals surface area contributed by atoms with Crippen molar-refractivity contribution in [2.45, 2.75) is 13.8 Å². The monoisotopic (exact) mass is 408 g/mol. The van der Waals surface area contributed by atoms with Crippen LogP contribution in [-0.4, -0.2) is 80.2 Å². The first-order valence-electron chi connectivity index (χ1n) is 9.61. The van der Waals surface area contributed by atoms with Crippen molar-refractivity contribution in [1.29, 1.82) is 0 Å². The van der Waals surface area contributed by atoms with Gasteiger partial charge in [-0.2, -0.15) is 4.98 Å². The van der Waals surface area contributed by atoms with Crippen molar-refractivity contribution in [3.63, 3.8) is 0 Å². The van der Waals surface area contributed by atoms with Gasteiger partial charge in [-0.3, -0.25) is 9.89 Å². The van der Waals surface area contributed by atoms with Crippen LogP contribution in [0.5, 0.6) is 0 Å². The number of nitrogen functional groups attached to an aromatic ring is 1. The largest absolute Gasteiger partial charge is 0.500 e. The van der Waals surface area contributed by atoms with Gasteiger partial charge in [-0.05, 0) is 6.92 Å². The predicted molar refractivity (Wildman–Crippen MR) is 112 cm³/mol. The van der Waals surface area contributed by atoms with E-state index in [0.29, 0.717) is 23.4 Å². The molecule has 0 aliphatic carbocycles. The Balaban J connectivity index is 1.80. The molecule has 0 aromatic carbocycles. The third-order valence-electron chi connectivity index (χ3n) is 5.18. The van der Waals surface area contributed by atoms with E-state index in [-0.39, 0.29) is 5.95 Å². The van der Waals surface area contributed by atoms with E-state index in [1.165, 1.54) is 0 Å². The summed E-state index contributed by atoms with van der Waals surface area (Å²) in [6.45, 7) is 10.6. The Morgan fingerprint density at radius 3 is 2.79 bits per heavy atom. The number of anilines is 2. The minimum Gasteiger partial charge on any atom is -0.500 e. The highest BCUT2D eigenvalue weighted by Gasteiger charge is 2.24. The Hall–Kier alpha value is -1.90. The first kappa shape index (κ1) is 20.8. The number of aromatic nitrogens is 2. The van der Waals surface area contributed by atoms with Gasteiger partial charge in [-0.1, -0.05) is 18.5 Å². The number of ether oxygens (including phenoxy) is 2. The average molecular weight is 409 g/mol. The molecule has 1 aromatic heterocycles. The molecule has 8 nitrogen and oxygen atoms in total. The van der Waals surface area contributed by atoms with Gasteiger partial charge in [0, 0.05) is 50.3 Å². The van der Waals surface area contributed by atoms with E-state index in [9.17, 15) is 0 Å². The molecule has 9 heteroatoms. The maximum absolute atomic E-state index is 6.13. The third kappa shape index (κ3) is 5.12. The number of aliphatic imine (C=N–C) groups is 1. The molecule has 2 N–H and O–H groups in total. The zero-order valence-electron chi connectivity index (χ0n) is 16.8. The second-order valence-electron chi connectivity index (χ2n) is 7.16. The van der Waals surface area contributed by atoms with Crippen molar-refractivity contribution in [1.82, 2.24) is 14.9 Å². The van der Waals surface area contributed by atoms with Crippen LogP contribution in [0.25, 0.3) is 0 Å². The third-order valence-corrected chi connectivity index (χ3v) is 5.37. The topological polar surface area (TPSA) is 89.1 Å². The number of nitrogens with two attached hydrogens (primary N) is 1. The number of methoxy groups -OCH3 is 1. The van der Waals surface area contributed by atoms with E-state index in [0.717, 1.165) is 63.0 Å². The summed E-state index contributed by atoms with van der Waals surface area (Å²) in [6, 6.07) is 1.75. The van der Waals surface area contributed by atoms with Crippen LogP contribution in [0.3, 0.4) is 0 Å². The van der Waals surface area contributed by atoms with Crippen LogP contribution in [0.1, 0.15) is 13.8 Å². The van der Waals surface area contributed by atoms with Crippen LogP contribution in [-0.2, 0) is 9.47 Å². The van der Waals surface area contributed by atoms with Gasteiger partial charge < -0.3 is 20.1 Å². The Morgan fingerprint density at radius 2 is 2.11 bits per heavy atom. The highest BCUT2D eigenvalue weighted by Crippen LogP contribution is 2.24. The lowest BCUT2D eigenvalue weighted by molar-refractivity contribution is 0.0392. The number of hydrogen-bond acceptors (Lipinski definition) is 8. The molecule has 3 heterocycles. The molecule has 0 radical (unpaired) electrons. The number of morpholine rings is 1. The summed E-state index contributed by atoms with van der Waals surface area (Å²) < 4.78 is 11.1. The quantitative estimate of drug-likeness (QED) is 0.688. The lowest BCUT2D eigenvalue weighted by Gasteiger charge is -2.32. The molecular weight excluding hydrogens is 380 g/mol. The van der Waals surface area contributed by atoms with Crippen LogP contribution in [0.2, 0.25) is 5.15 Å². The lowest BCUT2D eigenvalue weighted by Crippen LogP contribution is -2.43. The summed E-state index contributed by atoms with van der Waals surface area (Å²) in [6.07, 6.45) is 0. The number of dihydropyridines is 1. The van der Waals surface area contributed by atoms with E-state index in [1.54, 1.807) is 13.2 Å². The Labute approximate surface area is 171 Å². The van der Waals surface area contributed by atoms with Crippen molar-refractivity contribution < 1.29 is 9.47 Å². The molecule has 154 valence electrons. The van der Waals surface area contributed by atoms with Gasteiger partial charge in [0.05, 0.1) is 32.6 Å². The minimum absolute atomic E-state index is 0.169. The van der Waals surface area contributed by atoms with Gasteiger partial charge in [-0.25, -0.2) is 4.98 Å². The standard InChI is InChI=1S/C19H29ClN6O2/c1-13-11-22-15(14(2)18(13)27-3)12-26(5-4-25-6-8-28-9-7-25)17-10-16(20)23-19(21)24-17/h10,13H,4-9,11-12H2,1-3H3,(H2,21,23,24). The second kappa shape index (κ2) is 9.54. The molecule has 1 atom stereocenters. The van der Waals surface area contributed by atoms with Crippen LogP contribution in [0.4, 0.5) is 11.8 Å². The minimum atomic E-state index is 0.169. The van der Waals surface area contributed by atoms with Gasteiger partial charge in [0.1, 0.15) is 16.7 Å². The van der Waals surface area contributed by atoms with E-state index in [4.69, 9.17) is 31.8 Å². The van der Waals surface area contributed by atoms with Gasteiger partial charge in [0.15, 0.2) is 0 Å².